The molecule has 21 heavy (non-hydrogen) atoms. The highest BCUT2D eigenvalue weighted by atomic mass is 16.5. The van der Waals surface area contributed by atoms with Crippen LogP contribution in [0.4, 0.5) is 4.79 Å². The van der Waals surface area contributed by atoms with Crippen LogP contribution in [0.5, 0.6) is 0 Å². The summed E-state index contributed by atoms with van der Waals surface area (Å²) < 4.78 is 9.64. The van der Waals surface area contributed by atoms with Gasteiger partial charge in [-0.05, 0) is 12.5 Å². The summed E-state index contributed by atoms with van der Waals surface area (Å²) in [5.41, 5.74) is 0.446. The Morgan fingerprint density at radius 2 is 2.24 bits per heavy atom. The van der Waals surface area contributed by atoms with Crippen LogP contribution >= 0.6 is 0 Å². The number of urea groups is 1. The molecule has 1 atom stereocenters. The molecule has 1 fully saturated rings. The van der Waals surface area contributed by atoms with E-state index in [0.29, 0.717) is 12.0 Å². The predicted molar refractivity (Wildman–Crippen MR) is 72.4 cm³/mol. The van der Waals surface area contributed by atoms with Crippen LogP contribution in [-0.2, 0) is 16.1 Å². The highest BCUT2D eigenvalue weighted by molar-refractivity contribution is 6.04. The smallest absolute Gasteiger partial charge is 0.374 e. The summed E-state index contributed by atoms with van der Waals surface area (Å²) in [6.45, 7) is 2.02. The molecule has 2 heterocycles. The number of hydrogen-bond donors (Lipinski definition) is 1. The SMILES string of the molecule is CCCCC1NC(=O)N(Cc2ccoc2C(=O)OC)C1=O. The molecule has 3 amide bonds. The minimum absolute atomic E-state index is 0.00573. The second-order valence-corrected chi connectivity index (χ2v) is 4.84. The van der Waals surface area contributed by atoms with E-state index in [1.165, 1.54) is 13.4 Å². The van der Waals surface area contributed by atoms with Gasteiger partial charge < -0.3 is 14.5 Å². The lowest BCUT2D eigenvalue weighted by atomic mass is 10.1. The van der Waals surface area contributed by atoms with Crippen LogP contribution in [-0.4, -0.2) is 36.0 Å². The van der Waals surface area contributed by atoms with Crippen LogP contribution in [0.25, 0.3) is 0 Å². The van der Waals surface area contributed by atoms with Gasteiger partial charge in [-0.3, -0.25) is 9.69 Å². The zero-order valence-corrected chi connectivity index (χ0v) is 12.0. The molecule has 1 unspecified atom stereocenters. The Hall–Kier alpha value is -2.31. The van der Waals surface area contributed by atoms with Crippen molar-refractivity contribution in [3.63, 3.8) is 0 Å². The number of imide groups is 1. The maximum Gasteiger partial charge on any atom is 0.374 e. The molecular formula is C14H18N2O5. The van der Waals surface area contributed by atoms with Crippen molar-refractivity contribution in [1.82, 2.24) is 10.2 Å². The second-order valence-electron chi connectivity index (χ2n) is 4.84. The molecule has 2 rings (SSSR count). The quantitative estimate of drug-likeness (QED) is 0.637. The fourth-order valence-electron chi connectivity index (χ4n) is 2.23. The summed E-state index contributed by atoms with van der Waals surface area (Å²) in [5.74, 6) is -0.898. The molecule has 0 spiro atoms. The molecule has 1 aromatic rings. The van der Waals surface area contributed by atoms with Crippen LogP contribution in [0.15, 0.2) is 16.7 Å². The second kappa shape index (κ2) is 6.43. The van der Waals surface area contributed by atoms with Crippen LogP contribution in [0.2, 0.25) is 0 Å². The molecule has 7 nitrogen and oxygen atoms in total. The summed E-state index contributed by atoms with van der Waals surface area (Å²) in [7, 11) is 1.24. The van der Waals surface area contributed by atoms with Crippen molar-refractivity contribution in [1.29, 1.82) is 0 Å². The number of rotatable bonds is 6. The van der Waals surface area contributed by atoms with Gasteiger partial charge in [0.25, 0.3) is 5.91 Å². The van der Waals surface area contributed by atoms with E-state index in [0.717, 1.165) is 17.7 Å². The van der Waals surface area contributed by atoms with E-state index >= 15 is 0 Å². The van der Waals surface area contributed by atoms with Crippen molar-refractivity contribution in [2.24, 2.45) is 0 Å². The van der Waals surface area contributed by atoms with E-state index in [1.54, 1.807) is 6.07 Å². The van der Waals surface area contributed by atoms with E-state index in [-0.39, 0.29) is 18.2 Å². The Bertz CT molecular complexity index is 551. The number of nitrogens with one attached hydrogen (secondary N) is 1. The molecule has 0 bridgehead atoms. The third-order valence-corrected chi connectivity index (χ3v) is 3.40. The van der Waals surface area contributed by atoms with Crippen molar-refractivity contribution >= 4 is 17.9 Å². The van der Waals surface area contributed by atoms with Gasteiger partial charge in [-0.2, -0.15) is 0 Å². The van der Waals surface area contributed by atoms with Crippen LogP contribution in [0, 0.1) is 0 Å². The van der Waals surface area contributed by atoms with Gasteiger partial charge in [0, 0.05) is 5.56 Å². The number of amides is 3. The van der Waals surface area contributed by atoms with Crippen LogP contribution < -0.4 is 5.32 Å². The standard InChI is InChI=1S/C14H18N2O5/c1-3-4-5-10-12(17)16(14(19)15-10)8-9-6-7-21-11(9)13(18)20-2/h6-7,10H,3-5,8H2,1-2H3,(H,15,19). The Kier molecular flexibility index (Phi) is 4.62. The molecule has 0 aromatic carbocycles. The largest absolute Gasteiger partial charge is 0.463 e. The van der Waals surface area contributed by atoms with Gasteiger partial charge in [0.15, 0.2) is 0 Å². The first kappa shape index (κ1) is 15.1. The summed E-state index contributed by atoms with van der Waals surface area (Å²) >= 11 is 0. The summed E-state index contributed by atoms with van der Waals surface area (Å²) in [4.78, 5) is 36.7. The Balaban J connectivity index is 2.09. The number of nitrogens with zero attached hydrogens (tertiary/aromatic N) is 1. The first-order valence-corrected chi connectivity index (χ1v) is 6.85. The molecule has 0 aliphatic carbocycles. The molecule has 114 valence electrons. The Morgan fingerprint density at radius 3 is 2.90 bits per heavy atom. The van der Waals surface area contributed by atoms with E-state index in [1.807, 2.05) is 6.92 Å². The number of hydrogen-bond acceptors (Lipinski definition) is 5. The minimum atomic E-state index is -0.635. The number of ether oxygens (including phenoxy) is 1. The lowest BCUT2D eigenvalue weighted by molar-refractivity contribution is -0.128. The van der Waals surface area contributed by atoms with Gasteiger partial charge in [0.2, 0.25) is 5.76 Å². The summed E-state index contributed by atoms with van der Waals surface area (Å²) in [6.07, 6.45) is 3.76. The number of carbonyl (C=O) groups is 3. The van der Waals surface area contributed by atoms with Crippen molar-refractivity contribution in [2.75, 3.05) is 7.11 Å². The third-order valence-electron chi connectivity index (χ3n) is 3.40. The number of furan rings is 1. The molecule has 0 saturated carbocycles. The lowest BCUT2D eigenvalue weighted by Gasteiger charge is -2.12. The van der Waals surface area contributed by atoms with Gasteiger partial charge in [0.1, 0.15) is 6.04 Å². The first-order valence-electron chi connectivity index (χ1n) is 6.85. The number of esters is 1. The zero-order valence-electron chi connectivity index (χ0n) is 12.0. The third kappa shape index (κ3) is 3.07. The first-order chi connectivity index (χ1) is 10.1. The highest BCUT2D eigenvalue weighted by Gasteiger charge is 2.38. The minimum Gasteiger partial charge on any atom is -0.463 e. The molecule has 1 aliphatic rings. The van der Waals surface area contributed by atoms with Crippen molar-refractivity contribution in [3.8, 4) is 0 Å². The van der Waals surface area contributed by atoms with Crippen LogP contribution in [0.3, 0.4) is 0 Å². The lowest BCUT2D eigenvalue weighted by Crippen LogP contribution is -2.31. The van der Waals surface area contributed by atoms with Crippen molar-refractivity contribution < 1.29 is 23.5 Å². The van der Waals surface area contributed by atoms with Gasteiger partial charge in [-0.1, -0.05) is 19.8 Å². The maximum atomic E-state index is 12.2. The van der Waals surface area contributed by atoms with Gasteiger partial charge in [0.05, 0.1) is 19.9 Å². The fraction of sp³-hybridized carbons (Fsp3) is 0.500. The summed E-state index contributed by atoms with van der Waals surface area (Å²) in [6, 6.07) is 0.621. The molecule has 0 radical (unpaired) electrons. The van der Waals surface area contributed by atoms with Gasteiger partial charge in [-0.25, -0.2) is 9.59 Å². The van der Waals surface area contributed by atoms with E-state index < -0.39 is 18.0 Å². The summed E-state index contributed by atoms with van der Waals surface area (Å²) in [5, 5.41) is 2.65. The van der Waals surface area contributed by atoms with Crippen molar-refractivity contribution in [2.45, 2.75) is 38.8 Å². The van der Waals surface area contributed by atoms with Gasteiger partial charge in [-0.15, -0.1) is 0 Å². The average molecular weight is 294 g/mol. The predicted octanol–water partition coefficient (Wildman–Crippen LogP) is 1.68. The number of methoxy groups -OCH3 is 1. The average Bonchev–Trinajstić information content (AvgIpc) is 3.04. The normalized spacial score (nSPS) is 18.0. The number of carbonyl (C=O) groups excluding carboxylic acids is 3. The molecule has 1 saturated heterocycles. The topological polar surface area (TPSA) is 88.8 Å². The zero-order chi connectivity index (χ0) is 15.4. The van der Waals surface area contributed by atoms with E-state index in [9.17, 15) is 14.4 Å². The molecule has 1 aliphatic heterocycles. The van der Waals surface area contributed by atoms with Crippen LogP contribution in [0.1, 0.15) is 42.3 Å². The van der Waals surface area contributed by atoms with E-state index in [4.69, 9.17) is 4.42 Å². The Labute approximate surface area is 122 Å². The maximum absolute atomic E-state index is 12.2. The molecular weight excluding hydrogens is 276 g/mol. The molecule has 1 N–H and O–H groups in total. The van der Waals surface area contributed by atoms with Gasteiger partial charge >= 0.3 is 12.0 Å². The molecule has 7 heteroatoms. The fourth-order valence-corrected chi connectivity index (χ4v) is 2.23. The number of unbranched alkanes of at least 4 members (excludes halogenated alkanes) is 1. The monoisotopic (exact) mass is 294 g/mol. The highest BCUT2D eigenvalue weighted by Crippen LogP contribution is 2.19. The Morgan fingerprint density at radius 1 is 1.48 bits per heavy atom. The molecule has 1 aromatic heterocycles. The van der Waals surface area contributed by atoms with E-state index in [2.05, 4.69) is 10.1 Å². The van der Waals surface area contributed by atoms with Crippen molar-refractivity contribution in [3.05, 3.63) is 23.7 Å².